The van der Waals surface area contributed by atoms with E-state index in [9.17, 15) is 19.8 Å². The number of rotatable bonds is 7. The van der Waals surface area contributed by atoms with E-state index in [1.807, 2.05) is 25.0 Å². The Kier molecular flexibility index (Phi) is 16.6. The monoisotopic (exact) mass is 547 g/mol. The summed E-state index contributed by atoms with van der Waals surface area (Å²) in [4.78, 5) is 26.9. The van der Waals surface area contributed by atoms with Crippen LogP contribution in [-0.2, 0) is 43.7 Å². The van der Waals surface area contributed by atoms with Crippen LogP contribution in [-0.4, -0.2) is 42.3 Å². The number of aliphatic hydroxyl groups excluding tert-OH is 1. The molecule has 1 N–H and O–H groups in total. The number of carbonyl (C=O) groups is 2. The van der Waals surface area contributed by atoms with E-state index in [1.165, 1.54) is 12.8 Å². The molecular formula is C16H24N4O5Pt. The van der Waals surface area contributed by atoms with Crippen LogP contribution in [0.3, 0.4) is 0 Å². The summed E-state index contributed by atoms with van der Waals surface area (Å²) in [5, 5.41) is 27.3. The first-order valence-corrected chi connectivity index (χ1v) is 7.90. The van der Waals surface area contributed by atoms with Crippen molar-refractivity contribution in [3.05, 3.63) is 37.4 Å². The van der Waals surface area contributed by atoms with Crippen LogP contribution in [0.1, 0.15) is 33.1 Å². The van der Waals surface area contributed by atoms with E-state index in [0.29, 0.717) is 0 Å². The summed E-state index contributed by atoms with van der Waals surface area (Å²) in [6, 6.07) is 0. The molecule has 0 aromatic carbocycles. The van der Waals surface area contributed by atoms with Gasteiger partial charge in [0.05, 0.1) is 24.7 Å². The van der Waals surface area contributed by atoms with Crippen molar-refractivity contribution in [3.8, 4) is 0 Å². The fraction of sp³-hybridized carbons (Fsp3) is 0.500. The molecule has 148 valence electrons. The average Bonchev–Trinajstić information content (AvgIpc) is 3.22. The Bertz CT molecular complexity index is 539. The summed E-state index contributed by atoms with van der Waals surface area (Å²) in [5.41, 5.74) is 0. The Balaban J connectivity index is 0. The smallest absolute Gasteiger partial charge is 0.550 e. The minimum atomic E-state index is -1.96. The predicted molar refractivity (Wildman–Crippen MR) is 85.7 cm³/mol. The van der Waals surface area contributed by atoms with Gasteiger partial charge in [0, 0.05) is 50.3 Å². The van der Waals surface area contributed by atoms with Crippen molar-refractivity contribution >= 4 is 11.9 Å². The van der Waals surface area contributed by atoms with Crippen molar-refractivity contribution in [1.29, 1.82) is 0 Å². The predicted octanol–water partition coefficient (Wildman–Crippen LogP) is -1.18. The number of hydrogen-bond donors (Lipinski definition) is 1. The van der Waals surface area contributed by atoms with Crippen LogP contribution in [0.4, 0.5) is 0 Å². The number of carbonyl (C=O) groups excluding carboxylic acids is 2. The fourth-order valence-corrected chi connectivity index (χ4v) is 1.60. The zero-order valence-corrected chi connectivity index (χ0v) is 17.0. The minimum Gasteiger partial charge on any atom is -0.550 e. The molecule has 2 aromatic heterocycles. The first-order chi connectivity index (χ1) is 11.9. The van der Waals surface area contributed by atoms with E-state index >= 15 is 0 Å². The molecule has 2 heterocycles. The number of imidazole rings is 2. The number of nitrogens with zero attached hydrogens (tertiary/aromatic N) is 4. The number of aryl methyl sites for hydroxylation is 2. The molecule has 0 saturated carbocycles. The molecule has 0 amide bonds. The van der Waals surface area contributed by atoms with Gasteiger partial charge >= 0.3 is 21.1 Å². The van der Waals surface area contributed by atoms with Crippen LogP contribution in [0, 0.1) is 0 Å². The van der Waals surface area contributed by atoms with Crippen molar-refractivity contribution in [1.82, 2.24) is 19.1 Å². The van der Waals surface area contributed by atoms with Crippen LogP contribution in [0.2, 0.25) is 0 Å². The number of carboxylic acids is 2. The summed E-state index contributed by atoms with van der Waals surface area (Å²) in [6.45, 7) is 6.47. The molecular weight excluding hydrogens is 523 g/mol. The second-order valence-corrected chi connectivity index (χ2v) is 5.01. The number of carboxylic acid groups (broad SMARTS) is 2. The maximum absolute atomic E-state index is 9.58. The third kappa shape index (κ3) is 14.4. The first kappa shape index (κ1) is 26.2. The Labute approximate surface area is 167 Å². The maximum atomic E-state index is 9.58. The van der Waals surface area contributed by atoms with Gasteiger partial charge in [-0.1, -0.05) is 13.8 Å². The molecule has 10 heteroatoms. The molecule has 0 fully saturated rings. The molecule has 0 aliphatic heterocycles. The van der Waals surface area contributed by atoms with Crippen molar-refractivity contribution in [2.24, 2.45) is 0 Å². The molecule has 0 unspecified atom stereocenters. The van der Waals surface area contributed by atoms with E-state index in [1.54, 1.807) is 12.4 Å². The van der Waals surface area contributed by atoms with Crippen LogP contribution in [0.25, 0.3) is 0 Å². The summed E-state index contributed by atoms with van der Waals surface area (Å²) in [7, 11) is 0. The maximum Gasteiger partial charge on any atom is 2.00 e. The normalized spacial score (nSPS) is 10.3. The molecule has 0 bridgehead atoms. The van der Waals surface area contributed by atoms with Crippen molar-refractivity contribution in [3.63, 3.8) is 0 Å². The van der Waals surface area contributed by atoms with E-state index in [0.717, 1.165) is 13.1 Å². The molecule has 0 spiro atoms. The second-order valence-electron chi connectivity index (χ2n) is 5.01. The van der Waals surface area contributed by atoms with Crippen molar-refractivity contribution in [2.45, 2.75) is 52.3 Å². The van der Waals surface area contributed by atoms with Crippen molar-refractivity contribution < 1.29 is 46.0 Å². The standard InChI is InChI=1S/2C6H10N2.C4H6O5.Pt/c2*1-2-4-8-5-3-7-6-8;5-2(4(8)9)1-3(6)7;/h2*3,5-6H,2,4H2,1H3;2,5H,1H2,(H,6,7)(H,8,9);/q;;;+2/p-2/t;;2-;/m..0./s1. The van der Waals surface area contributed by atoms with Crippen LogP contribution in [0.15, 0.2) is 37.4 Å². The third-order valence-corrected chi connectivity index (χ3v) is 2.71. The molecule has 2 aromatic rings. The Morgan fingerprint density at radius 1 is 1.00 bits per heavy atom. The van der Waals surface area contributed by atoms with E-state index in [2.05, 4.69) is 32.9 Å². The van der Waals surface area contributed by atoms with Gasteiger partial charge in [-0.25, -0.2) is 9.97 Å². The summed E-state index contributed by atoms with van der Waals surface area (Å²) < 4.78 is 4.14. The minimum absolute atomic E-state index is 0. The SMILES string of the molecule is CCCn1ccnc1.CCCn1ccnc1.O=C([O-])C[C@H](O)C(=O)[O-].[Pt+2]. The van der Waals surface area contributed by atoms with Gasteiger partial charge in [0.2, 0.25) is 0 Å². The number of hydrogen-bond acceptors (Lipinski definition) is 7. The zero-order valence-electron chi connectivity index (χ0n) is 14.8. The quantitative estimate of drug-likeness (QED) is 0.461. The van der Waals surface area contributed by atoms with Crippen LogP contribution in [0.5, 0.6) is 0 Å². The van der Waals surface area contributed by atoms with Gasteiger partial charge in [0.15, 0.2) is 0 Å². The van der Waals surface area contributed by atoms with Gasteiger partial charge < -0.3 is 34.0 Å². The molecule has 0 radical (unpaired) electrons. The number of aromatic nitrogens is 4. The number of aliphatic hydroxyl groups is 1. The molecule has 0 aliphatic carbocycles. The third-order valence-electron chi connectivity index (χ3n) is 2.71. The topological polar surface area (TPSA) is 136 Å². The molecule has 26 heavy (non-hydrogen) atoms. The summed E-state index contributed by atoms with van der Waals surface area (Å²) in [5.74, 6) is -3.43. The zero-order chi connectivity index (χ0) is 19.1. The molecule has 1 atom stereocenters. The van der Waals surface area contributed by atoms with Crippen LogP contribution >= 0.6 is 0 Å². The molecule has 0 saturated heterocycles. The Hall–Kier alpha value is -1.99. The fourth-order valence-electron chi connectivity index (χ4n) is 1.60. The average molecular weight is 547 g/mol. The second kappa shape index (κ2) is 16.5. The van der Waals surface area contributed by atoms with Gasteiger partial charge in [-0.05, 0) is 12.8 Å². The molecule has 0 aliphatic rings. The van der Waals surface area contributed by atoms with Gasteiger partial charge in [-0.15, -0.1) is 0 Å². The van der Waals surface area contributed by atoms with Crippen LogP contribution < -0.4 is 10.2 Å². The Morgan fingerprint density at radius 2 is 1.42 bits per heavy atom. The largest absolute Gasteiger partial charge is 2.00 e. The Morgan fingerprint density at radius 3 is 1.62 bits per heavy atom. The van der Waals surface area contributed by atoms with Crippen molar-refractivity contribution in [2.75, 3.05) is 0 Å². The summed E-state index contributed by atoms with van der Waals surface area (Å²) >= 11 is 0. The van der Waals surface area contributed by atoms with E-state index in [-0.39, 0.29) is 21.1 Å². The van der Waals surface area contributed by atoms with Gasteiger partial charge in [-0.2, -0.15) is 0 Å². The first-order valence-electron chi connectivity index (χ1n) is 7.90. The summed E-state index contributed by atoms with van der Waals surface area (Å²) in [6.07, 6.45) is 10.7. The van der Waals surface area contributed by atoms with Gasteiger partial charge in [0.25, 0.3) is 0 Å². The number of aliphatic carboxylic acids is 2. The molecule has 2 rings (SSSR count). The van der Waals surface area contributed by atoms with Gasteiger partial charge in [0.1, 0.15) is 0 Å². The molecule has 9 nitrogen and oxygen atoms in total. The van der Waals surface area contributed by atoms with E-state index < -0.39 is 24.5 Å². The van der Waals surface area contributed by atoms with E-state index in [4.69, 9.17) is 5.11 Å². The van der Waals surface area contributed by atoms with Gasteiger partial charge in [-0.3, -0.25) is 0 Å².